The Morgan fingerprint density at radius 3 is 2.32 bits per heavy atom. The zero-order valence-corrected chi connectivity index (χ0v) is 12.5. The van der Waals surface area contributed by atoms with E-state index in [0.29, 0.717) is 5.02 Å². The van der Waals surface area contributed by atoms with Crippen molar-refractivity contribution < 1.29 is 0 Å². The number of nitrogens with one attached hydrogen (secondary N) is 1. The van der Waals surface area contributed by atoms with Gasteiger partial charge in [-0.05, 0) is 30.3 Å². The second-order valence-electron chi connectivity index (χ2n) is 4.68. The fourth-order valence-corrected chi connectivity index (χ4v) is 2.27. The minimum Gasteiger partial charge on any atom is -0.278 e. The largest absolute Gasteiger partial charge is 0.278 e. The van der Waals surface area contributed by atoms with Gasteiger partial charge < -0.3 is 0 Å². The Labute approximate surface area is 134 Å². The lowest BCUT2D eigenvalue weighted by Crippen LogP contribution is -2.06. The Morgan fingerprint density at radius 2 is 1.59 bits per heavy atom. The third-order valence-electron chi connectivity index (χ3n) is 3.12. The van der Waals surface area contributed by atoms with E-state index in [-0.39, 0.29) is 0 Å². The summed E-state index contributed by atoms with van der Waals surface area (Å²) in [5.41, 5.74) is 6.79. The van der Waals surface area contributed by atoms with E-state index in [1.54, 1.807) is 12.4 Å². The summed E-state index contributed by atoms with van der Waals surface area (Å²) in [6.45, 7) is 0. The molecule has 0 spiro atoms. The highest BCUT2D eigenvalue weighted by Crippen LogP contribution is 2.16. The number of anilines is 1. The molecule has 0 atom stereocenters. The average Bonchev–Trinajstić information content (AvgIpc) is 2.57. The van der Waals surface area contributed by atoms with Crippen LogP contribution in [0.25, 0.3) is 0 Å². The van der Waals surface area contributed by atoms with Crippen LogP contribution in [0.2, 0.25) is 5.02 Å². The minimum absolute atomic E-state index is 0.672. The zero-order chi connectivity index (χ0) is 15.2. The van der Waals surface area contributed by atoms with Crippen LogP contribution in [-0.2, 0) is 0 Å². The van der Waals surface area contributed by atoms with Crippen molar-refractivity contribution in [2.75, 3.05) is 5.43 Å². The molecule has 0 aliphatic heterocycles. The summed E-state index contributed by atoms with van der Waals surface area (Å²) in [4.78, 5) is 4.06. The lowest BCUT2D eigenvalue weighted by atomic mass is 10.0. The van der Waals surface area contributed by atoms with Gasteiger partial charge in [0, 0.05) is 28.5 Å². The molecule has 22 heavy (non-hydrogen) atoms. The first-order valence-electron chi connectivity index (χ1n) is 6.88. The number of pyridine rings is 1. The van der Waals surface area contributed by atoms with E-state index in [1.807, 2.05) is 66.7 Å². The fraction of sp³-hybridized carbons (Fsp3) is 0. The molecule has 0 aliphatic rings. The predicted molar refractivity (Wildman–Crippen MR) is 91.4 cm³/mol. The van der Waals surface area contributed by atoms with Crippen molar-refractivity contribution in [3.63, 3.8) is 0 Å². The molecule has 108 valence electrons. The van der Waals surface area contributed by atoms with Crippen molar-refractivity contribution in [2.24, 2.45) is 5.10 Å². The topological polar surface area (TPSA) is 37.3 Å². The molecule has 0 radical (unpaired) electrons. The van der Waals surface area contributed by atoms with Gasteiger partial charge in [0.15, 0.2) is 0 Å². The van der Waals surface area contributed by atoms with Gasteiger partial charge in [0.1, 0.15) is 0 Å². The molecule has 3 rings (SSSR count). The molecule has 0 saturated carbocycles. The summed E-state index contributed by atoms with van der Waals surface area (Å²) in [6.07, 6.45) is 3.51. The van der Waals surface area contributed by atoms with E-state index in [9.17, 15) is 0 Å². The first-order valence-corrected chi connectivity index (χ1v) is 7.26. The third-order valence-corrected chi connectivity index (χ3v) is 3.36. The van der Waals surface area contributed by atoms with Gasteiger partial charge in [-0.15, -0.1) is 0 Å². The van der Waals surface area contributed by atoms with Crippen LogP contribution in [0.5, 0.6) is 0 Å². The maximum atomic E-state index is 6.00. The van der Waals surface area contributed by atoms with E-state index < -0.39 is 0 Å². The van der Waals surface area contributed by atoms with Gasteiger partial charge in [0.25, 0.3) is 0 Å². The number of hydrogen-bond acceptors (Lipinski definition) is 3. The van der Waals surface area contributed by atoms with E-state index in [0.717, 1.165) is 22.5 Å². The molecule has 1 aromatic heterocycles. The Hall–Kier alpha value is -2.65. The summed E-state index contributed by atoms with van der Waals surface area (Å²) in [5, 5.41) is 5.23. The van der Waals surface area contributed by atoms with Gasteiger partial charge in [-0.25, -0.2) is 0 Å². The number of hydrogen-bond donors (Lipinski definition) is 1. The van der Waals surface area contributed by atoms with Crippen LogP contribution in [0.1, 0.15) is 11.1 Å². The van der Waals surface area contributed by atoms with E-state index in [4.69, 9.17) is 11.6 Å². The quantitative estimate of drug-likeness (QED) is 0.565. The number of nitrogens with zero attached hydrogens (tertiary/aromatic N) is 2. The standard InChI is InChI=1S/C18H14ClN3/c19-16-7-4-8-17(13-16)21-22-18(14-5-2-1-3-6-14)15-9-11-20-12-10-15/h1-13,21H. The van der Waals surface area contributed by atoms with Crippen LogP contribution < -0.4 is 5.43 Å². The van der Waals surface area contributed by atoms with Gasteiger partial charge in [-0.3, -0.25) is 10.4 Å². The molecule has 4 heteroatoms. The molecule has 0 saturated heterocycles. The van der Waals surface area contributed by atoms with Gasteiger partial charge in [0.2, 0.25) is 0 Å². The van der Waals surface area contributed by atoms with Crippen LogP contribution in [0.4, 0.5) is 5.69 Å². The predicted octanol–water partition coefficient (Wildman–Crippen LogP) is 4.60. The number of halogens is 1. The second kappa shape index (κ2) is 6.87. The molecule has 3 aromatic rings. The Morgan fingerprint density at radius 1 is 0.864 bits per heavy atom. The Balaban J connectivity index is 1.97. The van der Waals surface area contributed by atoms with E-state index in [2.05, 4.69) is 15.5 Å². The van der Waals surface area contributed by atoms with Crippen LogP contribution in [-0.4, -0.2) is 10.7 Å². The van der Waals surface area contributed by atoms with Gasteiger partial charge in [0.05, 0.1) is 11.4 Å². The number of rotatable bonds is 4. The summed E-state index contributed by atoms with van der Waals surface area (Å²) in [5.74, 6) is 0. The van der Waals surface area contributed by atoms with Gasteiger partial charge in [-0.2, -0.15) is 5.10 Å². The summed E-state index contributed by atoms with van der Waals surface area (Å²) in [6, 6.07) is 21.4. The van der Waals surface area contributed by atoms with E-state index in [1.165, 1.54) is 0 Å². The molecule has 0 aliphatic carbocycles. The van der Waals surface area contributed by atoms with Crippen LogP contribution >= 0.6 is 11.6 Å². The van der Waals surface area contributed by atoms with Crippen molar-refractivity contribution in [3.8, 4) is 0 Å². The molecular formula is C18H14ClN3. The summed E-state index contributed by atoms with van der Waals surface area (Å²) in [7, 11) is 0. The SMILES string of the molecule is Clc1cccc(NN=C(c2ccccc2)c2ccncc2)c1. The fourth-order valence-electron chi connectivity index (χ4n) is 2.08. The molecule has 1 heterocycles. The van der Waals surface area contributed by atoms with Crippen molar-refractivity contribution in [1.29, 1.82) is 0 Å². The smallest absolute Gasteiger partial charge is 0.0979 e. The van der Waals surface area contributed by atoms with Crippen LogP contribution in [0, 0.1) is 0 Å². The average molecular weight is 308 g/mol. The molecule has 2 aromatic carbocycles. The maximum Gasteiger partial charge on any atom is 0.0979 e. The molecular weight excluding hydrogens is 294 g/mol. The van der Waals surface area contributed by atoms with Crippen molar-refractivity contribution in [2.45, 2.75) is 0 Å². The minimum atomic E-state index is 0.672. The number of benzene rings is 2. The third kappa shape index (κ3) is 3.51. The monoisotopic (exact) mass is 307 g/mol. The first-order chi connectivity index (χ1) is 10.8. The lowest BCUT2D eigenvalue weighted by molar-refractivity contribution is 1.29. The van der Waals surface area contributed by atoms with E-state index >= 15 is 0 Å². The maximum absolute atomic E-state index is 6.00. The van der Waals surface area contributed by atoms with Crippen LogP contribution in [0.15, 0.2) is 84.2 Å². The molecule has 0 amide bonds. The molecule has 0 bridgehead atoms. The number of aromatic nitrogens is 1. The molecule has 1 N–H and O–H groups in total. The summed E-state index contributed by atoms with van der Waals surface area (Å²) >= 11 is 6.00. The molecule has 0 unspecified atom stereocenters. The highest BCUT2D eigenvalue weighted by Gasteiger charge is 2.06. The highest BCUT2D eigenvalue weighted by atomic mass is 35.5. The molecule has 3 nitrogen and oxygen atoms in total. The Kier molecular flexibility index (Phi) is 4.47. The van der Waals surface area contributed by atoms with Gasteiger partial charge in [-0.1, -0.05) is 48.0 Å². The second-order valence-corrected chi connectivity index (χ2v) is 5.12. The highest BCUT2D eigenvalue weighted by molar-refractivity contribution is 6.30. The lowest BCUT2D eigenvalue weighted by Gasteiger charge is -2.08. The normalized spacial score (nSPS) is 11.2. The van der Waals surface area contributed by atoms with Crippen LogP contribution in [0.3, 0.4) is 0 Å². The van der Waals surface area contributed by atoms with Crippen molar-refractivity contribution in [3.05, 3.63) is 95.3 Å². The zero-order valence-electron chi connectivity index (χ0n) is 11.8. The van der Waals surface area contributed by atoms with Crippen molar-refractivity contribution in [1.82, 2.24) is 4.98 Å². The summed E-state index contributed by atoms with van der Waals surface area (Å²) < 4.78 is 0. The molecule has 0 fully saturated rings. The van der Waals surface area contributed by atoms with Crippen molar-refractivity contribution >= 4 is 23.0 Å². The number of hydrazone groups is 1. The Bertz CT molecular complexity index is 729. The first kappa shape index (κ1) is 14.3. The van der Waals surface area contributed by atoms with Gasteiger partial charge >= 0.3 is 0 Å².